The van der Waals surface area contributed by atoms with E-state index in [2.05, 4.69) is 0 Å². The van der Waals surface area contributed by atoms with Gasteiger partial charge in [0.25, 0.3) is 0 Å². The quantitative estimate of drug-likeness (QED) is 0.744. The van der Waals surface area contributed by atoms with Gasteiger partial charge >= 0.3 is 5.97 Å². The predicted molar refractivity (Wildman–Crippen MR) is 58.1 cm³/mol. The SMILES string of the molecule is CC(C)COc1ccc(N)c(C(=O)O)c1. The van der Waals surface area contributed by atoms with Gasteiger partial charge in [-0.2, -0.15) is 0 Å². The Hall–Kier alpha value is -1.71. The normalized spacial score (nSPS) is 10.3. The van der Waals surface area contributed by atoms with Crippen LogP contribution in [0.25, 0.3) is 0 Å². The second-order valence-corrected chi connectivity index (χ2v) is 3.76. The summed E-state index contributed by atoms with van der Waals surface area (Å²) in [5.74, 6) is -0.103. The third-order valence-electron chi connectivity index (χ3n) is 1.84. The van der Waals surface area contributed by atoms with Crippen molar-refractivity contribution in [3.05, 3.63) is 23.8 Å². The van der Waals surface area contributed by atoms with E-state index in [1.54, 1.807) is 12.1 Å². The fourth-order valence-electron chi connectivity index (χ4n) is 1.07. The van der Waals surface area contributed by atoms with E-state index in [1.165, 1.54) is 6.07 Å². The second kappa shape index (κ2) is 4.68. The van der Waals surface area contributed by atoms with Gasteiger partial charge in [-0.05, 0) is 24.1 Å². The zero-order valence-electron chi connectivity index (χ0n) is 8.86. The number of benzene rings is 1. The van der Waals surface area contributed by atoms with Crippen LogP contribution in [0.2, 0.25) is 0 Å². The van der Waals surface area contributed by atoms with Gasteiger partial charge in [0.2, 0.25) is 0 Å². The highest BCUT2D eigenvalue weighted by molar-refractivity contribution is 5.94. The number of carboxylic acid groups (broad SMARTS) is 1. The number of carboxylic acids is 1. The van der Waals surface area contributed by atoms with Crippen molar-refractivity contribution in [2.75, 3.05) is 12.3 Å². The third kappa shape index (κ3) is 3.16. The molecule has 0 atom stereocenters. The summed E-state index contributed by atoms with van der Waals surface area (Å²) in [4.78, 5) is 10.8. The Labute approximate surface area is 88.7 Å². The number of anilines is 1. The van der Waals surface area contributed by atoms with Crippen LogP contribution < -0.4 is 10.5 Å². The van der Waals surface area contributed by atoms with Gasteiger partial charge in [0.1, 0.15) is 5.75 Å². The van der Waals surface area contributed by atoms with Crippen molar-refractivity contribution in [2.24, 2.45) is 5.92 Å². The fraction of sp³-hybridized carbons (Fsp3) is 0.364. The van der Waals surface area contributed by atoms with Crippen LogP contribution in [0.3, 0.4) is 0 Å². The molecule has 0 amide bonds. The van der Waals surface area contributed by atoms with Gasteiger partial charge in [0.05, 0.1) is 12.2 Å². The molecule has 0 saturated heterocycles. The molecule has 1 rings (SSSR count). The highest BCUT2D eigenvalue weighted by Crippen LogP contribution is 2.20. The average molecular weight is 209 g/mol. The minimum Gasteiger partial charge on any atom is -0.493 e. The van der Waals surface area contributed by atoms with Crippen molar-refractivity contribution >= 4 is 11.7 Å². The van der Waals surface area contributed by atoms with Gasteiger partial charge in [0.15, 0.2) is 0 Å². The molecule has 4 nitrogen and oxygen atoms in total. The highest BCUT2D eigenvalue weighted by atomic mass is 16.5. The molecule has 15 heavy (non-hydrogen) atoms. The standard InChI is InChI=1S/C11H15NO3/c1-7(2)6-15-8-3-4-10(12)9(5-8)11(13)14/h3-5,7H,6,12H2,1-2H3,(H,13,14). The Kier molecular flexibility index (Phi) is 3.55. The maximum atomic E-state index is 10.8. The first-order valence-corrected chi connectivity index (χ1v) is 4.76. The Morgan fingerprint density at radius 1 is 1.53 bits per heavy atom. The summed E-state index contributed by atoms with van der Waals surface area (Å²) in [7, 11) is 0. The van der Waals surface area contributed by atoms with Crippen LogP contribution >= 0.6 is 0 Å². The average Bonchev–Trinajstić information content (AvgIpc) is 2.16. The molecule has 0 unspecified atom stereocenters. The summed E-state index contributed by atoms with van der Waals surface area (Å²) in [6.45, 7) is 4.60. The van der Waals surface area contributed by atoms with E-state index in [9.17, 15) is 4.79 Å². The maximum absolute atomic E-state index is 10.8. The van der Waals surface area contributed by atoms with Crippen LogP contribution in [-0.4, -0.2) is 17.7 Å². The lowest BCUT2D eigenvalue weighted by Crippen LogP contribution is -2.07. The number of nitrogens with two attached hydrogens (primary N) is 1. The Morgan fingerprint density at radius 2 is 2.20 bits per heavy atom. The maximum Gasteiger partial charge on any atom is 0.337 e. The molecular weight excluding hydrogens is 194 g/mol. The molecule has 0 radical (unpaired) electrons. The molecule has 82 valence electrons. The number of hydrogen-bond donors (Lipinski definition) is 2. The van der Waals surface area contributed by atoms with Crippen LogP contribution in [-0.2, 0) is 0 Å². The first-order chi connectivity index (χ1) is 7.00. The van der Waals surface area contributed by atoms with Crippen molar-refractivity contribution < 1.29 is 14.6 Å². The van der Waals surface area contributed by atoms with Gasteiger partial charge in [-0.1, -0.05) is 13.8 Å². The number of nitrogen functional groups attached to an aromatic ring is 1. The molecule has 4 heteroatoms. The Balaban J connectivity index is 2.83. The summed E-state index contributed by atoms with van der Waals surface area (Å²) in [6.07, 6.45) is 0. The summed E-state index contributed by atoms with van der Waals surface area (Å²) >= 11 is 0. The predicted octanol–water partition coefficient (Wildman–Crippen LogP) is 2.00. The Morgan fingerprint density at radius 3 is 2.73 bits per heavy atom. The molecule has 0 aliphatic rings. The number of carbonyl (C=O) groups is 1. The third-order valence-corrected chi connectivity index (χ3v) is 1.84. The van der Waals surface area contributed by atoms with Crippen molar-refractivity contribution in [3.8, 4) is 5.75 Å². The lowest BCUT2D eigenvalue weighted by Gasteiger charge is -2.09. The monoisotopic (exact) mass is 209 g/mol. The lowest BCUT2D eigenvalue weighted by atomic mass is 10.1. The van der Waals surface area contributed by atoms with Crippen LogP contribution in [0, 0.1) is 5.92 Å². The molecule has 0 aromatic heterocycles. The van der Waals surface area contributed by atoms with Gasteiger partial charge in [-0.25, -0.2) is 4.79 Å². The van der Waals surface area contributed by atoms with Gasteiger partial charge in [-0.3, -0.25) is 0 Å². The van der Waals surface area contributed by atoms with Crippen LogP contribution in [0.15, 0.2) is 18.2 Å². The van der Waals surface area contributed by atoms with Crippen LogP contribution in [0.1, 0.15) is 24.2 Å². The largest absolute Gasteiger partial charge is 0.493 e. The summed E-state index contributed by atoms with van der Waals surface area (Å²) in [5.41, 5.74) is 5.84. The molecule has 0 aliphatic carbocycles. The van der Waals surface area contributed by atoms with Crippen molar-refractivity contribution in [1.82, 2.24) is 0 Å². The molecule has 0 saturated carbocycles. The first-order valence-electron chi connectivity index (χ1n) is 4.76. The molecule has 3 N–H and O–H groups in total. The molecular formula is C11H15NO3. The lowest BCUT2D eigenvalue weighted by molar-refractivity contribution is 0.0697. The van der Waals surface area contributed by atoms with E-state index < -0.39 is 5.97 Å². The highest BCUT2D eigenvalue weighted by Gasteiger charge is 2.09. The minimum absolute atomic E-state index is 0.0799. The molecule has 1 aromatic carbocycles. The van der Waals surface area contributed by atoms with E-state index in [0.29, 0.717) is 18.3 Å². The number of ether oxygens (including phenoxy) is 1. The van der Waals surface area contributed by atoms with E-state index in [0.717, 1.165) is 0 Å². The van der Waals surface area contributed by atoms with E-state index in [4.69, 9.17) is 15.6 Å². The molecule has 1 aromatic rings. The molecule has 0 bridgehead atoms. The van der Waals surface area contributed by atoms with E-state index >= 15 is 0 Å². The molecule has 0 spiro atoms. The van der Waals surface area contributed by atoms with Crippen LogP contribution in [0.4, 0.5) is 5.69 Å². The zero-order valence-corrected chi connectivity index (χ0v) is 8.86. The minimum atomic E-state index is -1.04. The Bertz CT molecular complexity index is 361. The topological polar surface area (TPSA) is 72.5 Å². The second-order valence-electron chi connectivity index (χ2n) is 3.76. The number of aromatic carboxylic acids is 1. The number of hydrogen-bond acceptors (Lipinski definition) is 3. The molecule has 0 fully saturated rings. The fourth-order valence-corrected chi connectivity index (χ4v) is 1.07. The summed E-state index contributed by atoms with van der Waals surface area (Å²) in [6, 6.07) is 4.66. The molecule has 0 heterocycles. The van der Waals surface area contributed by atoms with E-state index in [1.807, 2.05) is 13.8 Å². The summed E-state index contributed by atoms with van der Waals surface area (Å²) < 4.78 is 5.39. The van der Waals surface area contributed by atoms with E-state index in [-0.39, 0.29) is 11.3 Å². The van der Waals surface area contributed by atoms with Crippen LogP contribution in [0.5, 0.6) is 5.75 Å². The van der Waals surface area contributed by atoms with Gasteiger partial charge in [-0.15, -0.1) is 0 Å². The van der Waals surface area contributed by atoms with Crippen molar-refractivity contribution in [3.63, 3.8) is 0 Å². The van der Waals surface area contributed by atoms with Gasteiger partial charge in [0, 0.05) is 5.69 Å². The molecule has 0 aliphatic heterocycles. The van der Waals surface area contributed by atoms with Gasteiger partial charge < -0.3 is 15.6 Å². The number of rotatable bonds is 4. The first kappa shape index (κ1) is 11.4. The van der Waals surface area contributed by atoms with Crippen molar-refractivity contribution in [1.29, 1.82) is 0 Å². The zero-order chi connectivity index (χ0) is 11.4. The smallest absolute Gasteiger partial charge is 0.337 e. The van der Waals surface area contributed by atoms with Crippen molar-refractivity contribution in [2.45, 2.75) is 13.8 Å². The summed E-state index contributed by atoms with van der Waals surface area (Å²) in [5, 5.41) is 8.83.